The maximum Gasteiger partial charge on any atom is 0.223 e. The number of hydrogen-bond donors (Lipinski definition) is 0. The van der Waals surface area contributed by atoms with Crippen molar-refractivity contribution in [3.8, 4) is 0 Å². The molecule has 1 aromatic rings. The molecule has 13 heavy (non-hydrogen) atoms. The predicted molar refractivity (Wildman–Crippen MR) is 49.3 cm³/mol. The Labute approximate surface area is 75.9 Å². The van der Waals surface area contributed by atoms with E-state index in [0.717, 1.165) is 11.8 Å². The Bertz CT molecular complexity index is 442. The van der Waals surface area contributed by atoms with Crippen LogP contribution < -0.4 is 10.6 Å². The van der Waals surface area contributed by atoms with Crippen molar-refractivity contribution in [3.05, 3.63) is 47.2 Å². The fraction of sp³-hybridized carbons (Fsp3) is 0.182. The van der Waals surface area contributed by atoms with Gasteiger partial charge in [-0.05, 0) is 18.2 Å². The number of ether oxygens (including phenoxy) is 1. The Morgan fingerprint density at radius 1 is 1.31 bits per heavy atom. The number of hydrogen-bond acceptors (Lipinski definition) is 2. The molecule has 1 atom stereocenters. The van der Waals surface area contributed by atoms with E-state index >= 15 is 0 Å². The van der Waals surface area contributed by atoms with Crippen LogP contribution in [0.15, 0.2) is 41.6 Å². The minimum atomic E-state index is -0.413. The zero-order valence-electron chi connectivity index (χ0n) is 7.10. The third-order valence-corrected chi connectivity index (χ3v) is 2.41. The van der Waals surface area contributed by atoms with E-state index in [1.807, 2.05) is 24.3 Å². The molecular formula is C11H9NO. The van der Waals surface area contributed by atoms with Crippen LogP contribution in [0.2, 0.25) is 0 Å². The lowest BCUT2D eigenvalue weighted by atomic mass is 10.1. The van der Waals surface area contributed by atoms with Gasteiger partial charge in [-0.2, -0.15) is 0 Å². The van der Waals surface area contributed by atoms with Crippen LogP contribution >= 0.6 is 0 Å². The molecule has 2 nitrogen and oxygen atoms in total. The van der Waals surface area contributed by atoms with Crippen molar-refractivity contribution in [3.63, 3.8) is 0 Å². The Kier molecular flexibility index (Phi) is 1.18. The molecule has 1 spiro atoms. The maximum absolute atomic E-state index is 5.48. The largest absolute Gasteiger partial charge is 0.470 e. The summed E-state index contributed by atoms with van der Waals surface area (Å²) in [6.07, 6.45) is 6.67. The molecule has 2 aliphatic heterocycles. The summed E-state index contributed by atoms with van der Waals surface area (Å²) in [7, 11) is 0. The van der Waals surface area contributed by atoms with E-state index in [0.29, 0.717) is 0 Å². The first-order chi connectivity index (χ1) is 6.38. The van der Waals surface area contributed by atoms with Crippen LogP contribution in [0.3, 0.4) is 0 Å². The molecule has 0 amide bonds. The van der Waals surface area contributed by atoms with Crippen molar-refractivity contribution in [1.29, 1.82) is 0 Å². The summed E-state index contributed by atoms with van der Waals surface area (Å²) in [6.45, 7) is 0. The van der Waals surface area contributed by atoms with E-state index in [9.17, 15) is 0 Å². The third kappa shape index (κ3) is 0.917. The van der Waals surface area contributed by atoms with Crippen molar-refractivity contribution >= 4 is 6.08 Å². The first kappa shape index (κ1) is 6.89. The Hall–Kier alpha value is -1.57. The monoisotopic (exact) mass is 171 g/mol. The summed E-state index contributed by atoms with van der Waals surface area (Å²) >= 11 is 0. The van der Waals surface area contributed by atoms with Gasteiger partial charge in [-0.15, -0.1) is 0 Å². The van der Waals surface area contributed by atoms with E-state index < -0.39 is 5.72 Å². The van der Waals surface area contributed by atoms with Gasteiger partial charge in [0.15, 0.2) is 0 Å². The average molecular weight is 171 g/mol. The van der Waals surface area contributed by atoms with Crippen LogP contribution in [0.1, 0.15) is 6.42 Å². The predicted octanol–water partition coefficient (Wildman–Crippen LogP) is 0.731. The summed E-state index contributed by atoms with van der Waals surface area (Å²) in [6, 6.07) is 8.10. The summed E-state index contributed by atoms with van der Waals surface area (Å²) < 4.78 is 5.48. The molecule has 1 unspecified atom stereocenters. The minimum absolute atomic E-state index is 0.413. The van der Waals surface area contributed by atoms with E-state index in [1.54, 1.807) is 6.26 Å². The van der Waals surface area contributed by atoms with Gasteiger partial charge in [-0.25, -0.2) is 4.99 Å². The summed E-state index contributed by atoms with van der Waals surface area (Å²) in [5.74, 6) is 0. The average Bonchev–Trinajstić information content (AvgIpc) is 2.72. The molecule has 0 N–H and O–H groups in total. The van der Waals surface area contributed by atoms with Crippen LogP contribution in [0, 0.1) is 0 Å². The molecule has 2 aliphatic rings. The number of benzene rings is 1. The first-order valence-corrected chi connectivity index (χ1v) is 4.39. The smallest absolute Gasteiger partial charge is 0.223 e. The van der Waals surface area contributed by atoms with Gasteiger partial charge in [0, 0.05) is 11.6 Å². The molecule has 2 heterocycles. The molecular weight excluding hydrogens is 162 g/mol. The van der Waals surface area contributed by atoms with Crippen LogP contribution in [-0.2, 0) is 4.74 Å². The van der Waals surface area contributed by atoms with E-state index in [1.165, 1.54) is 5.22 Å². The van der Waals surface area contributed by atoms with Gasteiger partial charge in [0.05, 0.1) is 11.6 Å². The maximum atomic E-state index is 5.48. The second-order valence-corrected chi connectivity index (χ2v) is 3.35. The normalized spacial score (nSPS) is 28.0. The first-order valence-electron chi connectivity index (χ1n) is 4.39. The Morgan fingerprint density at radius 2 is 2.23 bits per heavy atom. The van der Waals surface area contributed by atoms with Crippen molar-refractivity contribution in [2.45, 2.75) is 12.1 Å². The van der Waals surface area contributed by atoms with Gasteiger partial charge in [-0.1, -0.05) is 18.2 Å². The molecule has 0 aliphatic carbocycles. The summed E-state index contributed by atoms with van der Waals surface area (Å²) in [5.41, 5.74) is -0.413. The lowest BCUT2D eigenvalue weighted by Crippen LogP contribution is -2.19. The fourth-order valence-corrected chi connectivity index (χ4v) is 1.79. The molecule has 0 fully saturated rings. The summed E-state index contributed by atoms with van der Waals surface area (Å²) in [4.78, 5) is 4.54. The van der Waals surface area contributed by atoms with Crippen molar-refractivity contribution in [1.82, 2.24) is 0 Å². The topological polar surface area (TPSA) is 21.6 Å². The highest BCUT2D eigenvalue weighted by atomic mass is 16.5. The standard InChI is InChI=1S/C11H9NO/c1-2-5-10-9(4-1)8-11(12-10)6-3-7-13-11/h1-5,7-8H,6H2. The third-order valence-electron chi connectivity index (χ3n) is 2.41. The molecule has 0 saturated carbocycles. The van der Waals surface area contributed by atoms with Crippen LogP contribution in [0.25, 0.3) is 6.08 Å². The number of fused-ring (bicyclic) bond motifs is 1. The van der Waals surface area contributed by atoms with E-state index in [2.05, 4.69) is 17.1 Å². The van der Waals surface area contributed by atoms with Crippen molar-refractivity contribution in [2.75, 3.05) is 0 Å². The van der Waals surface area contributed by atoms with Crippen molar-refractivity contribution < 1.29 is 4.74 Å². The fourth-order valence-electron chi connectivity index (χ4n) is 1.79. The second kappa shape index (κ2) is 2.22. The quantitative estimate of drug-likeness (QED) is 0.564. The highest BCUT2D eigenvalue weighted by Crippen LogP contribution is 2.27. The lowest BCUT2D eigenvalue weighted by Gasteiger charge is -2.16. The van der Waals surface area contributed by atoms with E-state index in [-0.39, 0.29) is 0 Å². The molecule has 0 radical (unpaired) electrons. The van der Waals surface area contributed by atoms with Gasteiger partial charge < -0.3 is 4.74 Å². The summed E-state index contributed by atoms with van der Waals surface area (Å²) in [5, 5.41) is 2.21. The number of nitrogens with zero attached hydrogens (tertiary/aromatic N) is 1. The highest BCUT2D eigenvalue weighted by Gasteiger charge is 2.31. The highest BCUT2D eigenvalue weighted by molar-refractivity contribution is 5.40. The molecule has 0 aromatic heterocycles. The van der Waals surface area contributed by atoms with Gasteiger partial charge in [-0.3, -0.25) is 0 Å². The zero-order chi connectivity index (χ0) is 8.73. The second-order valence-electron chi connectivity index (χ2n) is 3.35. The Balaban J connectivity index is 2.23. The van der Waals surface area contributed by atoms with Crippen molar-refractivity contribution in [2.24, 2.45) is 4.99 Å². The zero-order valence-corrected chi connectivity index (χ0v) is 7.10. The van der Waals surface area contributed by atoms with Gasteiger partial charge in [0.2, 0.25) is 5.72 Å². The van der Waals surface area contributed by atoms with Crippen LogP contribution in [0.5, 0.6) is 0 Å². The van der Waals surface area contributed by atoms with E-state index in [4.69, 9.17) is 4.74 Å². The molecule has 64 valence electrons. The Morgan fingerprint density at radius 3 is 3.00 bits per heavy atom. The van der Waals surface area contributed by atoms with Gasteiger partial charge >= 0.3 is 0 Å². The molecule has 1 aromatic carbocycles. The van der Waals surface area contributed by atoms with Crippen LogP contribution in [-0.4, -0.2) is 5.72 Å². The molecule has 0 bridgehead atoms. The minimum Gasteiger partial charge on any atom is -0.470 e. The molecule has 0 saturated heterocycles. The number of para-hydroxylation sites is 1. The molecule has 2 heteroatoms. The van der Waals surface area contributed by atoms with Crippen LogP contribution in [0.4, 0.5) is 0 Å². The molecule has 3 rings (SSSR count). The number of rotatable bonds is 0. The lowest BCUT2D eigenvalue weighted by molar-refractivity contribution is 0.117. The SMILES string of the molecule is C1=COC2(C=c3ccccc3=N2)C1. The van der Waals surface area contributed by atoms with Gasteiger partial charge in [0.25, 0.3) is 0 Å². The van der Waals surface area contributed by atoms with Gasteiger partial charge in [0.1, 0.15) is 0 Å².